The molecule has 2 rings (SSSR count). The van der Waals surface area contributed by atoms with Crippen LogP contribution in [0.5, 0.6) is 0 Å². The Balaban J connectivity index is 2.10. The molecule has 1 aromatic carbocycles. The Kier molecular flexibility index (Phi) is 4.55. The summed E-state index contributed by atoms with van der Waals surface area (Å²) in [7, 11) is -3.62. The molecule has 114 valence electrons. The molecule has 0 fully saturated rings. The maximum atomic E-state index is 12.3. The van der Waals surface area contributed by atoms with Crippen molar-refractivity contribution in [2.45, 2.75) is 25.3 Å². The van der Waals surface area contributed by atoms with Gasteiger partial charge < -0.3 is 5.73 Å². The van der Waals surface area contributed by atoms with Crippen LogP contribution in [0.1, 0.15) is 11.1 Å². The second kappa shape index (κ2) is 6.05. The molecule has 8 heteroatoms. The highest BCUT2D eigenvalue weighted by atomic mass is 35.5. The molecule has 0 saturated heterocycles. The van der Waals surface area contributed by atoms with E-state index in [0.29, 0.717) is 17.1 Å². The van der Waals surface area contributed by atoms with E-state index in [4.69, 9.17) is 17.3 Å². The number of nitrogens with two attached hydrogens (primary N) is 1. The van der Waals surface area contributed by atoms with Crippen molar-refractivity contribution in [3.05, 3.63) is 40.7 Å². The summed E-state index contributed by atoms with van der Waals surface area (Å²) >= 11 is 5.87. The molecule has 0 bridgehead atoms. The molecule has 21 heavy (non-hydrogen) atoms. The van der Waals surface area contributed by atoms with Crippen LogP contribution >= 0.6 is 11.6 Å². The normalized spacial score (nSPS) is 11.8. The predicted molar refractivity (Wildman–Crippen MR) is 82.8 cm³/mol. The molecule has 0 amide bonds. The lowest BCUT2D eigenvalue weighted by molar-refractivity contribution is 0.560. The summed E-state index contributed by atoms with van der Waals surface area (Å²) in [6.07, 6.45) is 3.57. The Morgan fingerprint density at radius 2 is 2.10 bits per heavy atom. The van der Waals surface area contributed by atoms with Crippen molar-refractivity contribution in [1.29, 1.82) is 0 Å². The van der Waals surface area contributed by atoms with Gasteiger partial charge in [-0.2, -0.15) is 5.10 Å². The van der Waals surface area contributed by atoms with Crippen LogP contribution in [-0.4, -0.2) is 24.7 Å². The summed E-state index contributed by atoms with van der Waals surface area (Å²) in [5.41, 5.74) is 7.49. The molecule has 6 nitrogen and oxygen atoms in total. The molecular formula is C13H17ClN4O2S. The minimum atomic E-state index is -3.62. The van der Waals surface area contributed by atoms with E-state index >= 15 is 0 Å². The minimum absolute atomic E-state index is 0.140. The monoisotopic (exact) mass is 328 g/mol. The molecule has 1 aromatic heterocycles. The van der Waals surface area contributed by atoms with Crippen LogP contribution in [0.25, 0.3) is 0 Å². The summed E-state index contributed by atoms with van der Waals surface area (Å²) in [6.45, 7) is 4.30. The molecule has 0 aliphatic heterocycles. The number of rotatable bonds is 5. The van der Waals surface area contributed by atoms with Gasteiger partial charge in [0.25, 0.3) is 0 Å². The van der Waals surface area contributed by atoms with Gasteiger partial charge in [0.15, 0.2) is 0 Å². The fraction of sp³-hybridized carbons (Fsp3) is 0.308. The first-order valence-corrected chi connectivity index (χ1v) is 8.20. The van der Waals surface area contributed by atoms with Crippen molar-refractivity contribution >= 4 is 27.3 Å². The molecule has 0 unspecified atom stereocenters. The van der Waals surface area contributed by atoms with E-state index in [1.807, 2.05) is 13.1 Å². The van der Waals surface area contributed by atoms with Crippen molar-refractivity contribution in [2.75, 3.05) is 12.3 Å². The van der Waals surface area contributed by atoms with Crippen LogP contribution in [-0.2, 0) is 16.6 Å². The highest BCUT2D eigenvalue weighted by Crippen LogP contribution is 2.25. The number of nitrogens with zero attached hydrogens (tertiary/aromatic N) is 2. The standard InChI is InChI=1S/C13H17ClN4O2S/c1-9-7-16-18(8-9)4-3-17-21(19,20)13-6-12(15)11(14)5-10(13)2/h5-8,17H,3-4,15H2,1-2H3. The summed E-state index contributed by atoms with van der Waals surface area (Å²) in [5, 5.41) is 4.44. The van der Waals surface area contributed by atoms with Crippen molar-refractivity contribution in [1.82, 2.24) is 14.5 Å². The largest absolute Gasteiger partial charge is 0.397 e. The number of aryl methyl sites for hydroxylation is 2. The van der Waals surface area contributed by atoms with E-state index < -0.39 is 10.0 Å². The Morgan fingerprint density at radius 1 is 1.38 bits per heavy atom. The molecule has 2 aromatic rings. The van der Waals surface area contributed by atoms with Crippen molar-refractivity contribution in [2.24, 2.45) is 0 Å². The zero-order chi connectivity index (χ0) is 15.6. The number of nitrogen functional groups attached to an aromatic ring is 1. The minimum Gasteiger partial charge on any atom is -0.397 e. The Labute approximate surface area is 129 Å². The van der Waals surface area contributed by atoms with Crippen LogP contribution in [0.3, 0.4) is 0 Å². The molecule has 0 atom stereocenters. The van der Waals surface area contributed by atoms with Gasteiger partial charge in [0.05, 0.1) is 28.3 Å². The first-order valence-electron chi connectivity index (χ1n) is 6.34. The second-order valence-corrected chi connectivity index (χ2v) is 6.96. The lowest BCUT2D eigenvalue weighted by atomic mass is 10.2. The van der Waals surface area contributed by atoms with Crippen molar-refractivity contribution in [3.8, 4) is 0 Å². The molecule has 0 aliphatic rings. The highest BCUT2D eigenvalue weighted by molar-refractivity contribution is 7.89. The number of benzene rings is 1. The number of sulfonamides is 1. The van der Waals surface area contributed by atoms with Gasteiger partial charge in [-0.15, -0.1) is 0 Å². The van der Waals surface area contributed by atoms with Crippen LogP contribution < -0.4 is 10.5 Å². The molecule has 3 N–H and O–H groups in total. The van der Waals surface area contributed by atoms with Crippen LogP contribution in [0, 0.1) is 13.8 Å². The SMILES string of the molecule is Cc1cnn(CCNS(=O)(=O)c2cc(N)c(Cl)cc2C)c1. The molecule has 1 heterocycles. The summed E-state index contributed by atoms with van der Waals surface area (Å²) in [5.74, 6) is 0. The van der Waals surface area contributed by atoms with Gasteiger partial charge in [0, 0.05) is 12.7 Å². The smallest absolute Gasteiger partial charge is 0.240 e. The zero-order valence-corrected chi connectivity index (χ0v) is 13.4. The number of nitrogens with one attached hydrogen (secondary N) is 1. The van der Waals surface area contributed by atoms with Gasteiger partial charge in [0.1, 0.15) is 0 Å². The van der Waals surface area contributed by atoms with Crippen LogP contribution in [0.2, 0.25) is 5.02 Å². The molecule has 0 spiro atoms. The van der Waals surface area contributed by atoms with E-state index in [1.54, 1.807) is 23.9 Å². The first kappa shape index (κ1) is 15.8. The number of halogens is 1. The fourth-order valence-corrected chi connectivity index (χ4v) is 3.42. The van der Waals surface area contributed by atoms with Gasteiger partial charge in [-0.05, 0) is 37.1 Å². The third kappa shape index (κ3) is 3.75. The molecule has 0 radical (unpaired) electrons. The Morgan fingerprint density at radius 3 is 2.71 bits per heavy atom. The Bertz CT molecular complexity index is 756. The Hall–Kier alpha value is -1.57. The quantitative estimate of drug-likeness (QED) is 0.818. The van der Waals surface area contributed by atoms with Gasteiger partial charge in [0.2, 0.25) is 10.0 Å². The first-order chi connectivity index (χ1) is 9.79. The molecule has 0 saturated carbocycles. The lowest BCUT2D eigenvalue weighted by Crippen LogP contribution is -2.28. The van der Waals surface area contributed by atoms with Gasteiger partial charge >= 0.3 is 0 Å². The third-order valence-electron chi connectivity index (χ3n) is 2.98. The van der Waals surface area contributed by atoms with E-state index in [0.717, 1.165) is 5.56 Å². The number of aromatic nitrogens is 2. The van der Waals surface area contributed by atoms with E-state index in [1.165, 1.54) is 6.07 Å². The average Bonchev–Trinajstić information content (AvgIpc) is 2.79. The second-order valence-electron chi connectivity index (χ2n) is 4.82. The zero-order valence-electron chi connectivity index (χ0n) is 11.8. The van der Waals surface area contributed by atoms with E-state index in [2.05, 4.69) is 9.82 Å². The van der Waals surface area contributed by atoms with Gasteiger partial charge in [-0.3, -0.25) is 4.68 Å². The highest BCUT2D eigenvalue weighted by Gasteiger charge is 2.18. The maximum Gasteiger partial charge on any atom is 0.240 e. The van der Waals surface area contributed by atoms with Crippen LogP contribution in [0.15, 0.2) is 29.4 Å². The van der Waals surface area contributed by atoms with Crippen LogP contribution in [0.4, 0.5) is 5.69 Å². The van der Waals surface area contributed by atoms with Crippen molar-refractivity contribution in [3.63, 3.8) is 0 Å². The summed E-state index contributed by atoms with van der Waals surface area (Å²) in [6, 6.07) is 2.92. The van der Waals surface area contributed by atoms with Crippen molar-refractivity contribution < 1.29 is 8.42 Å². The average molecular weight is 329 g/mol. The lowest BCUT2D eigenvalue weighted by Gasteiger charge is -2.11. The summed E-state index contributed by atoms with van der Waals surface area (Å²) in [4.78, 5) is 0.140. The fourth-order valence-electron chi connectivity index (χ4n) is 1.92. The maximum absolute atomic E-state index is 12.3. The van der Waals surface area contributed by atoms with E-state index in [-0.39, 0.29) is 17.1 Å². The molecular weight excluding hydrogens is 312 g/mol. The third-order valence-corrected chi connectivity index (χ3v) is 4.91. The van der Waals surface area contributed by atoms with Gasteiger partial charge in [-0.25, -0.2) is 13.1 Å². The van der Waals surface area contributed by atoms with E-state index in [9.17, 15) is 8.42 Å². The summed E-state index contributed by atoms with van der Waals surface area (Å²) < 4.78 is 28.8. The topological polar surface area (TPSA) is 90.0 Å². The predicted octanol–water partition coefficient (Wildman–Crippen LogP) is 1.71. The number of hydrogen-bond donors (Lipinski definition) is 2. The molecule has 0 aliphatic carbocycles. The number of anilines is 1. The van der Waals surface area contributed by atoms with Gasteiger partial charge in [-0.1, -0.05) is 11.6 Å². The number of hydrogen-bond acceptors (Lipinski definition) is 4.